The molecule has 2 rings (SSSR count). The van der Waals surface area contributed by atoms with E-state index in [1.165, 1.54) is 0 Å². The molecule has 2 aromatic carbocycles. The van der Waals surface area contributed by atoms with Crippen molar-refractivity contribution in [2.24, 2.45) is 0 Å². The summed E-state index contributed by atoms with van der Waals surface area (Å²) in [5.41, 5.74) is 8.10. The van der Waals surface area contributed by atoms with Gasteiger partial charge in [-0.15, -0.1) is 0 Å². The minimum atomic E-state index is -3.69. The van der Waals surface area contributed by atoms with Crippen LogP contribution in [-0.2, 0) is 10.0 Å². The third kappa shape index (κ3) is 2.96. The van der Waals surface area contributed by atoms with E-state index < -0.39 is 10.0 Å². The van der Waals surface area contributed by atoms with E-state index in [9.17, 15) is 8.42 Å². The van der Waals surface area contributed by atoms with E-state index in [1.807, 2.05) is 6.92 Å². The summed E-state index contributed by atoms with van der Waals surface area (Å²) in [4.78, 5) is 0.126. The van der Waals surface area contributed by atoms with Gasteiger partial charge in [0.15, 0.2) is 0 Å². The van der Waals surface area contributed by atoms with Crippen LogP contribution in [0.25, 0.3) is 0 Å². The number of hydrogen-bond donors (Lipinski definition) is 2. The molecule has 0 aliphatic carbocycles. The highest BCUT2D eigenvalue weighted by Crippen LogP contribution is 2.26. The molecule has 3 N–H and O–H groups in total. The van der Waals surface area contributed by atoms with E-state index in [2.05, 4.69) is 20.7 Å². The number of halogens is 1. The number of rotatable bonds is 3. The topological polar surface area (TPSA) is 72.2 Å². The Morgan fingerprint density at radius 3 is 2.40 bits per heavy atom. The molecule has 0 atom stereocenters. The Hall–Kier alpha value is -1.53. The van der Waals surface area contributed by atoms with Crippen molar-refractivity contribution in [1.82, 2.24) is 0 Å². The van der Waals surface area contributed by atoms with Gasteiger partial charge in [-0.1, -0.05) is 28.1 Å². The SMILES string of the molecule is Cc1cc(NS(=O)(=O)c2c(C)cccc2N)ccc1Br. The molecule has 0 heterocycles. The molecule has 2 aromatic rings. The molecule has 0 spiro atoms. The third-order valence-electron chi connectivity index (χ3n) is 2.92. The summed E-state index contributed by atoms with van der Waals surface area (Å²) in [5, 5.41) is 0. The molecule has 0 aromatic heterocycles. The molecule has 0 amide bonds. The summed E-state index contributed by atoms with van der Waals surface area (Å²) < 4.78 is 28.4. The fraction of sp³-hybridized carbons (Fsp3) is 0.143. The summed E-state index contributed by atoms with van der Waals surface area (Å²) in [6, 6.07) is 10.3. The van der Waals surface area contributed by atoms with Crippen LogP contribution in [0.2, 0.25) is 0 Å². The normalized spacial score (nSPS) is 11.3. The Balaban J connectivity index is 2.43. The fourth-order valence-corrected chi connectivity index (χ4v) is 3.61. The van der Waals surface area contributed by atoms with Crippen molar-refractivity contribution >= 4 is 37.3 Å². The van der Waals surface area contributed by atoms with Crippen LogP contribution in [-0.4, -0.2) is 8.42 Å². The molecular formula is C14H15BrN2O2S. The first-order chi connectivity index (χ1) is 9.31. The molecule has 0 saturated heterocycles. The number of nitrogens with one attached hydrogen (secondary N) is 1. The zero-order chi connectivity index (χ0) is 14.9. The van der Waals surface area contributed by atoms with Crippen molar-refractivity contribution in [1.29, 1.82) is 0 Å². The summed E-state index contributed by atoms with van der Waals surface area (Å²) in [7, 11) is -3.69. The molecule has 0 saturated carbocycles. The van der Waals surface area contributed by atoms with Crippen LogP contribution >= 0.6 is 15.9 Å². The van der Waals surface area contributed by atoms with Crippen LogP contribution < -0.4 is 10.5 Å². The van der Waals surface area contributed by atoms with Crippen LogP contribution in [0.5, 0.6) is 0 Å². The van der Waals surface area contributed by atoms with Crippen LogP contribution in [0.15, 0.2) is 45.8 Å². The molecule has 106 valence electrons. The summed E-state index contributed by atoms with van der Waals surface area (Å²) in [6.45, 7) is 3.61. The Morgan fingerprint density at radius 2 is 1.80 bits per heavy atom. The number of sulfonamides is 1. The first-order valence-electron chi connectivity index (χ1n) is 5.95. The van der Waals surface area contributed by atoms with Gasteiger partial charge in [0.05, 0.1) is 5.69 Å². The van der Waals surface area contributed by atoms with E-state index in [0.29, 0.717) is 11.3 Å². The number of benzene rings is 2. The zero-order valence-electron chi connectivity index (χ0n) is 11.1. The Bertz CT molecular complexity index is 738. The van der Waals surface area contributed by atoms with Crippen LogP contribution in [0, 0.1) is 13.8 Å². The predicted molar refractivity (Wildman–Crippen MR) is 85.3 cm³/mol. The van der Waals surface area contributed by atoms with Gasteiger partial charge in [0.1, 0.15) is 4.90 Å². The first-order valence-corrected chi connectivity index (χ1v) is 8.23. The lowest BCUT2D eigenvalue weighted by Gasteiger charge is -2.13. The van der Waals surface area contributed by atoms with Gasteiger partial charge in [-0.3, -0.25) is 4.72 Å². The average molecular weight is 355 g/mol. The van der Waals surface area contributed by atoms with E-state index in [4.69, 9.17) is 5.73 Å². The highest BCUT2D eigenvalue weighted by atomic mass is 79.9. The average Bonchev–Trinajstić information content (AvgIpc) is 2.33. The van der Waals surface area contributed by atoms with Gasteiger partial charge in [-0.2, -0.15) is 0 Å². The second-order valence-electron chi connectivity index (χ2n) is 4.56. The molecule has 0 fully saturated rings. The van der Waals surface area contributed by atoms with E-state index in [-0.39, 0.29) is 10.6 Å². The van der Waals surface area contributed by atoms with E-state index >= 15 is 0 Å². The van der Waals surface area contributed by atoms with E-state index in [1.54, 1.807) is 43.3 Å². The van der Waals surface area contributed by atoms with Gasteiger partial charge < -0.3 is 5.73 Å². The Labute approximate surface area is 127 Å². The number of aryl methyl sites for hydroxylation is 2. The summed E-state index contributed by atoms with van der Waals surface area (Å²) >= 11 is 3.38. The maximum atomic E-state index is 12.4. The standard InChI is InChI=1S/C14H15BrN2O2S/c1-9-4-3-5-13(16)14(9)20(18,19)17-11-6-7-12(15)10(2)8-11/h3-8,17H,16H2,1-2H3. The third-order valence-corrected chi connectivity index (χ3v) is 5.41. The monoisotopic (exact) mass is 354 g/mol. The van der Waals surface area contributed by atoms with Gasteiger partial charge >= 0.3 is 0 Å². The van der Waals surface area contributed by atoms with E-state index in [0.717, 1.165) is 10.0 Å². The van der Waals surface area contributed by atoms with Crippen molar-refractivity contribution in [2.45, 2.75) is 18.7 Å². The van der Waals surface area contributed by atoms with Gasteiger partial charge in [-0.25, -0.2) is 8.42 Å². The molecule has 20 heavy (non-hydrogen) atoms. The lowest BCUT2D eigenvalue weighted by atomic mass is 10.2. The molecule has 0 aliphatic heterocycles. The lowest BCUT2D eigenvalue weighted by Crippen LogP contribution is -2.16. The molecule has 0 radical (unpaired) electrons. The maximum Gasteiger partial charge on any atom is 0.264 e. The number of hydrogen-bond acceptors (Lipinski definition) is 3. The van der Waals surface area contributed by atoms with Crippen molar-refractivity contribution in [3.8, 4) is 0 Å². The fourth-order valence-electron chi connectivity index (χ4n) is 1.96. The minimum absolute atomic E-state index is 0.126. The van der Waals surface area contributed by atoms with Crippen molar-refractivity contribution < 1.29 is 8.42 Å². The van der Waals surface area contributed by atoms with Gasteiger partial charge in [0.25, 0.3) is 10.0 Å². The van der Waals surface area contributed by atoms with Gasteiger partial charge in [-0.05, 0) is 49.2 Å². The Morgan fingerprint density at radius 1 is 1.10 bits per heavy atom. The van der Waals surface area contributed by atoms with Crippen molar-refractivity contribution in [3.63, 3.8) is 0 Å². The molecule has 0 unspecified atom stereocenters. The number of anilines is 2. The van der Waals surface area contributed by atoms with Gasteiger partial charge in [0, 0.05) is 10.2 Å². The van der Waals surface area contributed by atoms with Crippen LogP contribution in [0.3, 0.4) is 0 Å². The minimum Gasteiger partial charge on any atom is -0.398 e. The molecule has 6 heteroatoms. The largest absolute Gasteiger partial charge is 0.398 e. The van der Waals surface area contributed by atoms with Gasteiger partial charge in [0.2, 0.25) is 0 Å². The van der Waals surface area contributed by atoms with Crippen LogP contribution in [0.4, 0.5) is 11.4 Å². The molecule has 4 nitrogen and oxygen atoms in total. The maximum absolute atomic E-state index is 12.4. The number of nitrogen functional groups attached to an aromatic ring is 1. The number of nitrogens with two attached hydrogens (primary N) is 1. The quantitative estimate of drug-likeness (QED) is 0.829. The predicted octanol–water partition coefficient (Wildman–Crippen LogP) is 3.45. The Kier molecular flexibility index (Phi) is 4.06. The van der Waals surface area contributed by atoms with Crippen molar-refractivity contribution in [3.05, 3.63) is 52.0 Å². The highest BCUT2D eigenvalue weighted by molar-refractivity contribution is 9.10. The zero-order valence-corrected chi connectivity index (χ0v) is 13.5. The van der Waals surface area contributed by atoms with Crippen LogP contribution in [0.1, 0.15) is 11.1 Å². The smallest absolute Gasteiger partial charge is 0.264 e. The lowest BCUT2D eigenvalue weighted by molar-refractivity contribution is 0.601. The summed E-state index contributed by atoms with van der Waals surface area (Å²) in [5.74, 6) is 0. The molecular weight excluding hydrogens is 340 g/mol. The molecule has 0 aliphatic rings. The molecule has 0 bridgehead atoms. The second-order valence-corrected chi connectivity index (χ2v) is 7.04. The summed E-state index contributed by atoms with van der Waals surface area (Å²) in [6.07, 6.45) is 0. The van der Waals surface area contributed by atoms with Crippen molar-refractivity contribution in [2.75, 3.05) is 10.5 Å². The first kappa shape index (κ1) is 14.9. The second kappa shape index (κ2) is 5.46. The highest BCUT2D eigenvalue weighted by Gasteiger charge is 2.20.